The molecular formula is C10H21NO2. The van der Waals surface area contributed by atoms with Crippen molar-refractivity contribution < 1.29 is 9.47 Å². The van der Waals surface area contributed by atoms with Crippen molar-refractivity contribution in [2.24, 2.45) is 0 Å². The first kappa shape index (κ1) is 12.6. The third-order valence-corrected chi connectivity index (χ3v) is 2.05. The van der Waals surface area contributed by atoms with Crippen LogP contribution in [-0.2, 0) is 9.47 Å². The van der Waals surface area contributed by atoms with Crippen LogP contribution in [0, 0.1) is 0 Å². The van der Waals surface area contributed by atoms with Crippen molar-refractivity contribution in [3.8, 4) is 0 Å². The van der Waals surface area contributed by atoms with Crippen LogP contribution in [0.1, 0.15) is 19.8 Å². The first-order valence-electron chi connectivity index (χ1n) is 4.53. The van der Waals surface area contributed by atoms with Crippen LogP contribution in [-0.4, -0.2) is 33.6 Å². The van der Waals surface area contributed by atoms with Crippen molar-refractivity contribution in [2.45, 2.75) is 32.1 Å². The number of allylic oxidation sites excluding steroid dienone is 1. The van der Waals surface area contributed by atoms with Gasteiger partial charge in [0.15, 0.2) is 6.29 Å². The molecule has 0 aliphatic rings. The van der Waals surface area contributed by atoms with E-state index in [0.29, 0.717) is 0 Å². The molecule has 13 heavy (non-hydrogen) atoms. The SMILES string of the molecule is C=C(C)CCC(NC)C(OC)OC. The molecule has 0 spiro atoms. The number of likely N-dealkylation sites (N-methyl/N-ethyl adjacent to an activating group) is 1. The van der Waals surface area contributed by atoms with Crippen LogP contribution in [0.15, 0.2) is 12.2 Å². The highest BCUT2D eigenvalue weighted by molar-refractivity contribution is 4.89. The summed E-state index contributed by atoms with van der Waals surface area (Å²) in [6.07, 6.45) is 1.80. The lowest BCUT2D eigenvalue weighted by Crippen LogP contribution is -2.40. The summed E-state index contributed by atoms with van der Waals surface area (Å²) >= 11 is 0. The highest BCUT2D eigenvalue weighted by Crippen LogP contribution is 2.09. The van der Waals surface area contributed by atoms with Crippen molar-refractivity contribution in [3.05, 3.63) is 12.2 Å². The molecule has 0 aromatic carbocycles. The molecule has 0 amide bonds. The predicted molar refractivity (Wildman–Crippen MR) is 54.7 cm³/mol. The molecule has 0 saturated heterocycles. The van der Waals surface area contributed by atoms with Gasteiger partial charge in [-0.15, -0.1) is 6.58 Å². The third-order valence-electron chi connectivity index (χ3n) is 2.05. The molecule has 0 aliphatic carbocycles. The quantitative estimate of drug-likeness (QED) is 0.484. The monoisotopic (exact) mass is 187 g/mol. The van der Waals surface area contributed by atoms with Gasteiger partial charge in [-0.25, -0.2) is 0 Å². The van der Waals surface area contributed by atoms with E-state index in [2.05, 4.69) is 11.9 Å². The van der Waals surface area contributed by atoms with Crippen LogP contribution in [0.4, 0.5) is 0 Å². The van der Waals surface area contributed by atoms with E-state index in [1.807, 2.05) is 14.0 Å². The molecule has 1 N–H and O–H groups in total. The van der Waals surface area contributed by atoms with Gasteiger partial charge in [-0.1, -0.05) is 5.57 Å². The zero-order chi connectivity index (χ0) is 10.3. The van der Waals surface area contributed by atoms with Gasteiger partial charge in [0.25, 0.3) is 0 Å². The van der Waals surface area contributed by atoms with E-state index < -0.39 is 0 Å². The van der Waals surface area contributed by atoms with E-state index in [9.17, 15) is 0 Å². The number of methoxy groups -OCH3 is 2. The Bertz CT molecular complexity index is 144. The average molecular weight is 187 g/mol. The number of rotatable bonds is 7. The van der Waals surface area contributed by atoms with Crippen LogP contribution in [0.3, 0.4) is 0 Å². The molecule has 0 radical (unpaired) electrons. The summed E-state index contributed by atoms with van der Waals surface area (Å²) in [5, 5.41) is 3.17. The topological polar surface area (TPSA) is 30.5 Å². The first-order chi connectivity index (χ1) is 6.15. The second kappa shape index (κ2) is 7.06. The molecule has 3 heteroatoms. The second-order valence-corrected chi connectivity index (χ2v) is 3.23. The van der Waals surface area contributed by atoms with E-state index in [1.165, 1.54) is 5.57 Å². The van der Waals surface area contributed by atoms with E-state index in [0.717, 1.165) is 12.8 Å². The maximum Gasteiger partial charge on any atom is 0.171 e. The fourth-order valence-corrected chi connectivity index (χ4v) is 1.24. The molecule has 0 bridgehead atoms. The summed E-state index contributed by atoms with van der Waals surface area (Å²) in [5.41, 5.74) is 1.19. The summed E-state index contributed by atoms with van der Waals surface area (Å²) in [5.74, 6) is 0. The Kier molecular flexibility index (Phi) is 6.86. The van der Waals surface area contributed by atoms with E-state index in [4.69, 9.17) is 9.47 Å². The lowest BCUT2D eigenvalue weighted by atomic mass is 10.1. The Morgan fingerprint density at radius 2 is 1.92 bits per heavy atom. The molecule has 0 aromatic heterocycles. The standard InChI is InChI=1S/C10H21NO2/c1-8(2)6-7-9(11-3)10(12-4)13-5/h9-11H,1,6-7H2,2-5H3. The highest BCUT2D eigenvalue weighted by Gasteiger charge is 2.18. The van der Waals surface area contributed by atoms with Gasteiger partial charge >= 0.3 is 0 Å². The van der Waals surface area contributed by atoms with Crippen LogP contribution in [0.2, 0.25) is 0 Å². The van der Waals surface area contributed by atoms with Gasteiger partial charge in [-0.3, -0.25) is 0 Å². The van der Waals surface area contributed by atoms with Crippen molar-refractivity contribution in [1.29, 1.82) is 0 Å². The molecule has 1 unspecified atom stereocenters. The van der Waals surface area contributed by atoms with Gasteiger partial charge in [-0.05, 0) is 26.8 Å². The van der Waals surface area contributed by atoms with E-state index >= 15 is 0 Å². The Labute approximate surface area is 81.1 Å². The van der Waals surface area contributed by atoms with Gasteiger partial charge in [0, 0.05) is 14.2 Å². The van der Waals surface area contributed by atoms with Crippen molar-refractivity contribution >= 4 is 0 Å². The smallest absolute Gasteiger partial charge is 0.171 e. The summed E-state index contributed by atoms with van der Waals surface area (Å²) in [6.45, 7) is 5.89. The van der Waals surface area contributed by atoms with Gasteiger partial charge in [0.2, 0.25) is 0 Å². The van der Waals surface area contributed by atoms with Gasteiger partial charge < -0.3 is 14.8 Å². The molecule has 0 rings (SSSR count). The molecule has 0 aliphatic heterocycles. The summed E-state index contributed by atoms with van der Waals surface area (Å²) in [6, 6.07) is 0.228. The summed E-state index contributed by atoms with van der Waals surface area (Å²) in [7, 11) is 5.21. The molecule has 3 nitrogen and oxygen atoms in total. The minimum absolute atomic E-state index is 0.177. The largest absolute Gasteiger partial charge is 0.354 e. The fourth-order valence-electron chi connectivity index (χ4n) is 1.24. The zero-order valence-electron chi connectivity index (χ0n) is 9.09. The molecule has 0 heterocycles. The number of hydrogen-bond acceptors (Lipinski definition) is 3. The maximum atomic E-state index is 5.17. The Balaban J connectivity index is 3.92. The molecule has 0 saturated carbocycles. The van der Waals surface area contributed by atoms with Crippen LogP contribution in [0.5, 0.6) is 0 Å². The van der Waals surface area contributed by atoms with Crippen LogP contribution < -0.4 is 5.32 Å². The van der Waals surface area contributed by atoms with Gasteiger partial charge in [-0.2, -0.15) is 0 Å². The Hall–Kier alpha value is -0.380. The Morgan fingerprint density at radius 1 is 1.38 bits per heavy atom. The lowest BCUT2D eigenvalue weighted by molar-refractivity contribution is -0.122. The minimum atomic E-state index is -0.177. The van der Waals surface area contributed by atoms with Gasteiger partial charge in [0.05, 0.1) is 6.04 Å². The molecule has 0 aromatic rings. The van der Waals surface area contributed by atoms with Crippen LogP contribution in [0.25, 0.3) is 0 Å². The normalized spacial score (nSPS) is 13.3. The third kappa shape index (κ3) is 5.03. The van der Waals surface area contributed by atoms with Crippen molar-refractivity contribution in [3.63, 3.8) is 0 Å². The molecule has 78 valence electrons. The van der Waals surface area contributed by atoms with E-state index in [1.54, 1.807) is 14.2 Å². The number of hydrogen-bond donors (Lipinski definition) is 1. The van der Waals surface area contributed by atoms with Crippen molar-refractivity contribution in [1.82, 2.24) is 5.32 Å². The average Bonchev–Trinajstić information content (AvgIpc) is 2.11. The first-order valence-corrected chi connectivity index (χ1v) is 4.53. The summed E-state index contributed by atoms with van der Waals surface area (Å²) in [4.78, 5) is 0. The van der Waals surface area contributed by atoms with Crippen LogP contribution >= 0.6 is 0 Å². The fraction of sp³-hybridized carbons (Fsp3) is 0.800. The summed E-state index contributed by atoms with van der Waals surface area (Å²) < 4.78 is 10.3. The predicted octanol–water partition coefficient (Wildman–Crippen LogP) is 1.55. The molecule has 0 fully saturated rings. The van der Waals surface area contributed by atoms with Crippen molar-refractivity contribution in [2.75, 3.05) is 21.3 Å². The second-order valence-electron chi connectivity index (χ2n) is 3.23. The van der Waals surface area contributed by atoms with E-state index in [-0.39, 0.29) is 12.3 Å². The maximum absolute atomic E-state index is 5.17. The lowest BCUT2D eigenvalue weighted by Gasteiger charge is -2.24. The van der Waals surface area contributed by atoms with Gasteiger partial charge in [0.1, 0.15) is 0 Å². The minimum Gasteiger partial charge on any atom is -0.354 e. The number of nitrogens with one attached hydrogen (secondary N) is 1. The Morgan fingerprint density at radius 3 is 2.23 bits per heavy atom. The molecular weight excluding hydrogens is 166 g/mol. The highest BCUT2D eigenvalue weighted by atomic mass is 16.7. The number of ether oxygens (including phenoxy) is 2. The molecule has 1 atom stereocenters. The zero-order valence-corrected chi connectivity index (χ0v) is 9.09.